The van der Waals surface area contributed by atoms with Crippen molar-refractivity contribution in [3.8, 4) is 5.75 Å². The van der Waals surface area contributed by atoms with Gasteiger partial charge in [0.15, 0.2) is 12.4 Å². The zero-order valence-corrected chi connectivity index (χ0v) is 13.6. The molecule has 0 unspecified atom stereocenters. The average Bonchev–Trinajstić information content (AvgIpc) is 2.70. The van der Waals surface area contributed by atoms with Crippen LogP contribution in [0.5, 0.6) is 5.75 Å². The monoisotopic (exact) mass is 337 g/mol. The molecule has 0 atom stereocenters. The smallest absolute Gasteiger partial charge is 0.337 e. The number of halogens is 1. The van der Waals surface area contributed by atoms with E-state index in [1.54, 1.807) is 18.7 Å². The van der Waals surface area contributed by atoms with Gasteiger partial charge in [-0.25, -0.2) is 4.79 Å². The largest absolute Gasteiger partial charge is 0.480 e. The highest BCUT2D eigenvalue weighted by atomic mass is 35.5. The van der Waals surface area contributed by atoms with Crippen LogP contribution >= 0.6 is 11.6 Å². The Morgan fingerprint density at radius 3 is 2.61 bits per heavy atom. The summed E-state index contributed by atoms with van der Waals surface area (Å²) in [7, 11) is 1.79. The lowest BCUT2D eigenvalue weighted by molar-refractivity contribution is -0.118. The fourth-order valence-electron chi connectivity index (χ4n) is 2.06. The van der Waals surface area contributed by atoms with E-state index in [4.69, 9.17) is 21.4 Å². The normalized spacial score (nSPS) is 10.4. The van der Waals surface area contributed by atoms with Gasteiger partial charge >= 0.3 is 5.97 Å². The average molecular weight is 338 g/mol. The van der Waals surface area contributed by atoms with Crippen LogP contribution in [0.2, 0.25) is 5.02 Å². The number of carbonyl (C=O) groups excluding carboxylic acids is 1. The molecule has 0 aliphatic carbocycles. The van der Waals surface area contributed by atoms with E-state index in [0.717, 1.165) is 5.69 Å². The number of aromatic nitrogens is 2. The Kier molecular flexibility index (Phi) is 4.90. The zero-order chi connectivity index (χ0) is 17.1. The summed E-state index contributed by atoms with van der Waals surface area (Å²) in [4.78, 5) is 22.8. The van der Waals surface area contributed by atoms with Gasteiger partial charge in [0.1, 0.15) is 5.69 Å². The predicted molar refractivity (Wildman–Crippen MR) is 85.2 cm³/mol. The van der Waals surface area contributed by atoms with Crippen LogP contribution < -0.4 is 10.1 Å². The third kappa shape index (κ3) is 3.81. The lowest BCUT2D eigenvalue weighted by Gasteiger charge is -2.09. The molecule has 0 bridgehead atoms. The molecule has 0 aliphatic heterocycles. The number of aryl methyl sites for hydroxylation is 2. The Labute approximate surface area is 137 Å². The van der Waals surface area contributed by atoms with Crippen molar-refractivity contribution in [1.29, 1.82) is 0 Å². The van der Waals surface area contributed by atoms with Crippen molar-refractivity contribution in [2.45, 2.75) is 13.8 Å². The summed E-state index contributed by atoms with van der Waals surface area (Å²) in [5.41, 5.74) is 1.89. The lowest BCUT2D eigenvalue weighted by atomic mass is 10.2. The number of hydrogen-bond donors (Lipinski definition) is 2. The molecule has 7 nitrogen and oxygen atoms in total. The van der Waals surface area contributed by atoms with Crippen molar-refractivity contribution in [3.05, 3.63) is 40.2 Å². The van der Waals surface area contributed by atoms with E-state index < -0.39 is 5.97 Å². The van der Waals surface area contributed by atoms with Crippen LogP contribution in [-0.2, 0) is 11.8 Å². The first kappa shape index (κ1) is 16.8. The van der Waals surface area contributed by atoms with Crippen LogP contribution in [0.4, 0.5) is 5.69 Å². The first-order valence-corrected chi connectivity index (χ1v) is 7.13. The number of carboxylic acid groups (broad SMARTS) is 1. The molecule has 8 heteroatoms. The van der Waals surface area contributed by atoms with Crippen molar-refractivity contribution >= 4 is 29.2 Å². The number of hydrogen-bond acceptors (Lipinski definition) is 4. The maximum atomic E-state index is 11.9. The fourth-order valence-corrected chi connectivity index (χ4v) is 2.33. The Bertz CT molecular complexity index is 770. The molecule has 23 heavy (non-hydrogen) atoms. The number of anilines is 1. The van der Waals surface area contributed by atoms with Crippen molar-refractivity contribution < 1.29 is 19.4 Å². The number of carbonyl (C=O) groups is 2. The zero-order valence-electron chi connectivity index (χ0n) is 12.9. The molecule has 122 valence electrons. The second-order valence-electron chi connectivity index (χ2n) is 4.96. The molecule has 1 amide bonds. The minimum atomic E-state index is -1.13. The van der Waals surface area contributed by atoms with Gasteiger partial charge in [-0.05, 0) is 32.0 Å². The van der Waals surface area contributed by atoms with Crippen LogP contribution in [-0.4, -0.2) is 33.4 Å². The van der Waals surface area contributed by atoms with Gasteiger partial charge in [-0.1, -0.05) is 11.6 Å². The van der Waals surface area contributed by atoms with Crippen LogP contribution in [0.3, 0.4) is 0 Å². The number of benzene rings is 1. The van der Waals surface area contributed by atoms with E-state index in [-0.39, 0.29) is 23.1 Å². The van der Waals surface area contributed by atoms with E-state index in [1.165, 1.54) is 18.2 Å². The molecule has 1 aromatic carbocycles. The number of nitrogens with zero attached hydrogens (tertiary/aromatic N) is 2. The third-order valence-electron chi connectivity index (χ3n) is 3.27. The van der Waals surface area contributed by atoms with E-state index in [1.807, 2.05) is 6.92 Å². The van der Waals surface area contributed by atoms with Gasteiger partial charge in [0.2, 0.25) is 0 Å². The molecule has 2 rings (SSSR count). The van der Waals surface area contributed by atoms with E-state index in [2.05, 4.69) is 10.4 Å². The Morgan fingerprint density at radius 1 is 1.39 bits per heavy atom. The molecule has 0 aliphatic rings. The quantitative estimate of drug-likeness (QED) is 0.873. The maximum Gasteiger partial charge on any atom is 0.337 e. The third-order valence-corrected chi connectivity index (χ3v) is 3.59. The van der Waals surface area contributed by atoms with Gasteiger partial charge in [0.05, 0.1) is 16.3 Å². The minimum absolute atomic E-state index is 0.0254. The minimum Gasteiger partial charge on any atom is -0.480 e. The van der Waals surface area contributed by atoms with E-state index in [0.29, 0.717) is 17.1 Å². The Balaban J connectivity index is 2.00. The molecule has 0 saturated carbocycles. The molecule has 0 fully saturated rings. The molecule has 2 aromatic rings. The predicted octanol–water partition coefficient (Wildman–Crippen LogP) is 2.41. The highest BCUT2D eigenvalue weighted by molar-refractivity contribution is 6.33. The number of ether oxygens (including phenoxy) is 1. The lowest BCUT2D eigenvalue weighted by Crippen LogP contribution is -2.20. The standard InChI is InChI=1S/C15H16ClN3O4/c1-8-14(9(2)19(3)18-8)23-7-13(20)17-10-4-5-11(15(21)22)12(16)6-10/h4-6H,7H2,1-3H3,(H,17,20)(H,21,22). The maximum absolute atomic E-state index is 11.9. The van der Waals surface area contributed by atoms with Crippen molar-refractivity contribution in [2.75, 3.05) is 11.9 Å². The van der Waals surface area contributed by atoms with Gasteiger partial charge in [0, 0.05) is 12.7 Å². The van der Waals surface area contributed by atoms with Gasteiger partial charge in [-0.15, -0.1) is 0 Å². The number of rotatable bonds is 5. The summed E-state index contributed by atoms with van der Waals surface area (Å²) in [5.74, 6) is -0.938. The van der Waals surface area contributed by atoms with E-state index in [9.17, 15) is 9.59 Å². The number of amides is 1. The van der Waals surface area contributed by atoms with Gasteiger partial charge < -0.3 is 15.2 Å². The number of nitrogens with one attached hydrogen (secondary N) is 1. The topological polar surface area (TPSA) is 93.5 Å². The van der Waals surface area contributed by atoms with E-state index >= 15 is 0 Å². The first-order valence-electron chi connectivity index (χ1n) is 6.75. The van der Waals surface area contributed by atoms with Crippen molar-refractivity contribution in [2.24, 2.45) is 7.05 Å². The molecule has 2 N–H and O–H groups in total. The second-order valence-corrected chi connectivity index (χ2v) is 5.37. The fraction of sp³-hybridized carbons (Fsp3) is 0.267. The Hall–Kier alpha value is -2.54. The van der Waals surface area contributed by atoms with Gasteiger partial charge in [-0.2, -0.15) is 5.10 Å². The molecule has 1 heterocycles. The summed E-state index contributed by atoms with van der Waals surface area (Å²) in [6.07, 6.45) is 0. The molecular weight excluding hydrogens is 322 g/mol. The molecular formula is C15H16ClN3O4. The summed E-state index contributed by atoms with van der Waals surface area (Å²) >= 11 is 5.85. The SMILES string of the molecule is Cc1nn(C)c(C)c1OCC(=O)Nc1ccc(C(=O)O)c(Cl)c1. The van der Waals surface area contributed by atoms with Crippen LogP contribution in [0.1, 0.15) is 21.7 Å². The number of aromatic carboxylic acids is 1. The Morgan fingerprint density at radius 2 is 2.09 bits per heavy atom. The molecule has 0 radical (unpaired) electrons. The van der Waals surface area contributed by atoms with Crippen molar-refractivity contribution in [1.82, 2.24) is 9.78 Å². The van der Waals surface area contributed by atoms with Gasteiger partial charge in [-0.3, -0.25) is 9.48 Å². The molecule has 1 aromatic heterocycles. The van der Waals surface area contributed by atoms with Gasteiger partial charge in [0.25, 0.3) is 5.91 Å². The summed E-state index contributed by atoms with van der Waals surface area (Å²) in [6.45, 7) is 3.45. The summed E-state index contributed by atoms with van der Waals surface area (Å²) in [6, 6.07) is 4.17. The molecule has 0 saturated heterocycles. The summed E-state index contributed by atoms with van der Waals surface area (Å²) in [5, 5.41) is 15.7. The van der Waals surface area contributed by atoms with Crippen molar-refractivity contribution in [3.63, 3.8) is 0 Å². The highest BCUT2D eigenvalue weighted by Gasteiger charge is 2.14. The van der Waals surface area contributed by atoms with Crippen LogP contribution in [0, 0.1) is 13.8 Å². The van der Waals surface area contributed by atoms with Crippen LogP contribution in [0.25, 0.3) is 0 Å². The second kappa shape index (κ2) is 6.70. The summed E-state index contributed by atoms with van der Waals surface area (Å²) < 4.78 is 7.17. The first-order chi connectivity index (χ1) is 10.8. The number of carboxylic acids is 1. The highest BCUT2D eigenvalue weighted by Crippen LogP contribution is 2.22. The van der Waals surface area contributed by atoms with Crippen LogP contribution in [0.15, 0.2) is 18.2 Å². The molecule has 0 spiro atoms.